The van der Waals surface area contributed by atoms with Crippen molar-refractivity contribution in [1.29, 1.82) is 0 Å². The highest BCUT2D eigenvalue weighted by atomic mass is 15.1. The van der Waals surface area contributed by atoms with Gasteiger partial charge in [-0.2, -0.15) is 0 Å². The summed E-state index contributed by atoms with van der Waals surface area (Å²) in [5.41, 5.74) is 5.56. The third kappa shape index (κ3) is 2.90. The standard InChI is InChI=1S/C19H24N2/c1-19(2,16-7-5-4-6-8-16)14-20-17-9-10-18-15(13-17)11-12-21(18)3/h4-10,13,20H,11-12,14H2,1-3H3. The van der Waals surface area contributed by atoms with Crippen molar-refractivity contribution in [2.75, 3.05) is 30.4 Å². The molecule has 0 aliphatic carbocycles. The Morgan fingerprint density at radius 2 is 1.86 bits per heavy atom. The maximum atomic E-state index is 3.61. The van der Waals surface area contributed by atoms with E-state index in [-0.39, 0.29) is 5.41 Å². The normalized spacial score (nSPS) is 14.1. The average Bonchev–Trinajstić information content (AvgIpc) is 2.87. The molecule has 3 rings (SSSR count). The van der Waals surface area contributed by atoms with Gasteiger partial charge in [0, 0.05) is 36.9 Å². The predicted octanol–water partition coefficient (Wildman–Crippen LogP) is 4.07. The number of hydrogen-bond acceptors (Lipinski definition) is 2. The van der Waals surface area contributed by atoms with E-state index in [0.29, 0.717) is 0 Å². The van der Waals surface area contributed by atoms with E-state index < -0.39 is 0 Å². The van der Waals surface area contributed by atoms with Crippen molar-refractivity contribution in [1.82, 2.24) is 0 Å². The Hall–Kier alpha value is -1.96. The summed E-state index contributed by atoms with van der Waals surface area (Å²) in [7, 11) is 2.16. The minimum Gasteiger partial charge on any atom is -0.384 e. The number of benzene rings is 2. The molecule has 1 N–H and O–H groups in total. The van der Waals surface area contributed by atoms with Gasteiger partial charge in [-0.1, -0.05) is 44.2 Å². The summed E-state index contributed by atoms with van der Waals surface area (Å²) in [6.45, 7) is 6.65. The number of nitrogens with one attached hydrogen (secondary N) is 1. The van der Waals surface area contributed by atoms with E-state index >= 15 is 0 Å². The van der Waals surface area contributed by atoms with Crippen LogP contribution < -0.4 is 10.2 Å². The highest BCUT2D eigenvalue weighted by Crippen LogP contribution is 2.30. The molecular weight excluding hydrogens is 256 g/mol. The summed E-state index contributed by atoms with van der Waals surface area (Å²) in [4.78, 5) is 2.33. The number of anilines is 2. The molecule has 0 aromatic heterocycles. The molecule has 0 unspecified atom stereocenters. The smallest absolute Gasteiger partial charge is 0.0398 e. The number of nitrogens with zero attached hydrogens (tertiary/aromatic N) is 1. The third-order valence-electron chi connectivity index (χ3n) is 4.50. The quantitative estimate of drug-likeness (QED) is 0.908. The average molecular weight is 280 g/mol. The second-order valence-corrected chi connectivity index (χ2v) is 6.62. The lowest BCUT2D eigenvalue weighted by Crippen LogP contribution is -2.27. The van der Waals surface area contributed by atoms with Gasteiger partial charge in [-0.3, -0.25) is 0 Å². The van der Waals surface area contributed by atoms with Crippen LogP contribution in [0.4, 0.5) is 11.4 Å². The molecule has 2 heteroatoms. The molecule has 0 saturated heterocycles. The van der Waals surface area contributed by atoms with E-state index in [1.165, 1.54) is 22.5 Å². The van der Waals surface area contributed by atoms with Crippen molar-refractivity contribution < 1.29 is 0 Å². The summed E-state index contributed by atoms with van der Waals surface area (Å²) in [5, 5.41) is 3.61. The van der Waals surface area contributed by atoms with Crippen LogP contribution >= 0.6 is 0 Å². The van der Waals surface area contributed by atoms with Crippen LogP contribution in [-0.2, 0) is 11.8 Å². The molecule has 0 saturated carbocycles. The second-order valence-electron chi connectivity index (χ2n) is 6.62. The summed E-state index contributed by atoms with van der Waals surface area (Å²) >= 11 is 0. The first-order valence-electron chi connectivity index (χ1n) is 7.70. The van der Waals surface area contributed by atoms with Crippen LogP contribution in [0.15, 0.2) is 48.5 Å². The van der Waals surface area contributed by atoms with E-state index in [1.807, 2.05) is 0 Å². The molecule has 0 bridgehead atoms. The van der Waals surface area contributed by atoms with Gasteiger partial charge in [-0.05, 0) is 35.7 Å². The number of hydrogen-bond donors (Lipinski definition) is 1. The van der Waals surface area contributed by atoms with Gasteiger partial charge in [-0.15, -0.1) is 0 Å². The zero-order valence-corrected chi connectivity index (χ0v) is 13.2. The number of rotatable bonds is 4. The highest BCUT2D eigenvalue weighted by molar-refractivity contribution is 5.63. The van der Waals surface area contributed by atoms with E-state index in [2.05, 4.69) is 79.6 Å². The highest BCUT2D eigenvalue weighted by Gasteiger charge is 2.20. The van der Waals surface area contributed by atoms with E-state index in [9.17, 15) is 0 Å². The molecule has 0 radical (unpaired) electrons. The van der Waals surface area contributed by atoms with E-state index in [0.717, 1.165) is 19.5 Å². The summed E-state index contributed by atoms with van der Waals surface area (Å²) in [5.74, 6) is 0. The minimum absolute atomic E-state index is 0.122. The van der Waals surface area contributed by atoms with Crippen LogP contribution in [0.5, 0.6) is 0 Å². The van der Waals surface area contributed by atoms with Crippen molar-refractivity contribution in [2.24, 2.45) is 0 Å². The van der Waals surface area contributed by atoms with E-state index in [1.54, 1.807) is 0 Å². The Morgan fingerprint density at radius 1 is 1.10 bits per heavy atom. The van der Waals surface area contributed by atoms with Gasteiger partial charge in [0.15, 0.2) is 0 Å². The number of fused-ring (bicyclic) bond motifs is 1. The van der Waals surface area contributed by atoms with Crippen LogP contribution in [0, 0.1) is 0 Å². The largest absolute Gasteiger partial charge is 0.384 e. The van der Waals surface area contributed by atoms with Gasteiger partial charge in [0.2, 0.25) is 0 Å². The summed E-state index contributed by atoms with van der Waals surface area (Å²) in [6.07, 6.45) is 1.16. The minimum atomic E-state index is 0.122. The van der Waals surface area contributed by atoms with Crippen LogP contribution in [0.1, 0.15) is 25.0 Å². The molecule has 2 aromatic rings. The summed E-state index contributed by atoms with van der Waals surface area (Å²) < 4.78 is 0. The molecule has 2 nitrogen and oxygen atoms in total. The van der Waals surface area contributed by atoms with Gasteiger partial charge in [0.05, 0.1) is 0 Å². The van der Waals surface area contributed by atoms with Crippen molar-refractivity contribution in [3.63, 3.8) is 0 Å². The Morgan fingerprint density at radius 3 is 2.62 bits per heavy atom. The van der Waals surface area contributed by atoms with Crippen LogP contribution in [0.25, 0.3) is 0 Å². The Labute approximate surface area is 127 Å². The lowest BCUT2D eigenvalue weighted by atomic mass is 9.84. The first-order valence-corrected chi connectivity index (χ1v) is 7.70. The molecule has 0 fully saturated rings. The van der Waals surface area contributed by atoms with Crippen molar-refractivity contribution in [2.45, 2.75) is 25.7 Å². The monoisotopic (exact) mass is 280 g/mol. The Balaban J connectivity index is 1.71. The van der Waals surface area contributed by atoms with Gasteiger partial charge >= 0.3 is 0 Å². The zero-order chi connectivity index (χ0) is 14.9. The van der Waals surface area contributed by atoms with Crippen LogP contribution in [-0.4, -0.2) is 20.1 Å². The molecule has 1 aliphatic heterocycles. The Bertz CT molecular complexity index is 617. The maximum absolute atomic E-state index is 3.61. The fourth-order valence-corrected chi connectivity index (χ4v) is 2.99. The van der Waals surface area contributed by atoms with Gasteiger partial charge in [-0.25, -0.2) is 0 Å². The van der Waals surface area contributed by atoms with E-state index in [4.69, 9.17) is 0 Å². The molecule has 21 heavy (non-hydrogen) atoms. The van der Waals surface area contributed by atoms with Crippen molar-refractivity contribution in [3.8, 4) is 0 Å². The van der Waals surface area contributed by atoms with Crippen LogP contribution in [0.2, 0.25) is 0 Å². The van der Waals surface area contributed by atoms with Gasteiger partial charge < -0.3 is 10.2 Å². The molecule has 2 aromatic carbocycles. The maximum Gasteiger partial charge on any atom is 0.0398 e. The number of likely N-dealkylation sites (N-methyl/N-ethyl adjacent to an activating group) is 1. The fourth-order valence-electron chi connectivity index (χ4n) is 2.99. The second kappa shape index (κ2) is 5.44. The van der Waals surface area contributed by atoms with Crippen molar-refractivity contribution in [3.05, 3.63) is 59.7 Å². The Kier molecular flexibility index (Phi) is 3.62. The predicted molar refractivity (Wildman–Crippen MR) is 91.4 cm³/mol. The van der Waals surface area contributed by atoms with Gasteiger partial charge in [0.1, 0.15) is 0 Å². The molecule has 0 atom stereocenters. The molecule has 0 amide bonds. The molecule has 1 aliphatic rings. The van der Waals surface area contributed by atoms with Crippen LogP contribution in [0.3, 0.4) is 0 Å². The molecule has 1 heterocycles. The summed E-state index contributed by atoms with van der Waals surface area (Å²) in [6, 6.07) is 17.5. The van der Waals surface area contributed by atoms with Crippen molar-refractivity contribution >= 4 is 11.4 Å². The molecule has 110 valence electrons. The fraction of sp³-hybridized carbons (Fsp3) is 0.368. The topological polar surface area (TPSA) is 15.3 Å². The lowest BCUT2D eigenvalue weighted by Gasteiger charge is -2.26. The third-order valence-corrected chi connectivity index (χ3v) is 4.50. The SMILES string of the molecule is CN1CCc2cc(NCC(C)(C)c3ccccc3)ccc21. The molecular formula is C19H24N2. The lowest BCUT2D eigenvalue weighted by molar-refractivity contribution is 0.557. The first-order chi connectivity index (χ1) is 10.1. The first kappa shape index (κ1) is 14.0. The zero-order valence-electron chi connectivity index (χ0n) is 13.2. The molecule has 0 spiro atoms. The van der Waals surface area contributed by atoms with Gasteiger partial charge in [0.25, 0.3) is 0 Å².